The first-order chi connectivity index (χ1) is 11.5. The van der Waals surface area contributed by atoms with Crippen LogP contribution in [0.5, 0.6) is 0 Å². The Kier molecular flexibility index (Phi) is 3.94. The van der Waals surface area contributed by atoms with E-state index in [2.05, 4.69) is 27.4 Å². The van der Waals surface area contributed by atoms with Crippen molar-refractivity contribution in [1.82, 2.24) is 20.8 Å². The van der Waals surface area contributed by atoms with E-state index in [1.54, 1.807) is 36.7 Å². The van der Waals surface area contributed by atoms with Crippen LogP contribution in [0.25, 0.3) is 16.7 Å². The molecule has 0 unspecified atom stereocenters. The van der Waals surface area contributed by atoms with Crippen LogP contribution in [-0.2, 0) is 0 Å². The zero-order valence-corrected chi connectivity index (χ0v) is 12.4. The van der Waals surface area contributed by atoms with E-state index in [0.29, 0.717) is 16.8 Å². The topological polar surface area (TPSA) is 113 Å². The summed E-state index contributed by atoms with van der Waals surface area (Å²) in [4.78, 5) is 29.5. The summed E-state index contributed by atoms with van der Waals surface area (Å²) in [6, 6.07) is 11.0. The van der Waals surface area contributed by atoms with Crippen LogP contribution in [0.15, 0.2) is 55.4 Å². The highest BCUT2D eigenvalue weighted by molar-refractivity contribution is 5.97. The predicted molar refractivity (Wildman–Crippen MR) is 88.8 cm³/mol. The molecule has 3 rings (SSSR count). The normalized spacial score (nSPS) is 10.3. The lowest BCUT2D eigenvalue weighted by Gasteiger charge is -2.11. The van der Waals surface area contributed by atoms with Crippen LogP contribution in [-0.4, -0.2) is 20.8 Å². The molecule has 8 nitrogen and oxygen atoms in total. The fourth-order valence-electron chi connectivity index (χ4n) is 2.16. The molecule has 0 atom stereocenters. The molecule has 1 amide bonds. The molecule has 3 N–H and O–H groups in total. The van der Waals surface area contributed by atoms with E-state index in [1.165, 1.54) is 12.1 Å². The van der Waals surface area contributed by atoms with Crippen LogP contribution in [0.1, 0.15) is 15.9 Å². The van der Waals surface area contributed by atoms with Crippen molar-refractivity contribution >= 4 is 28.3 Å². The molecule has 0 saturated carbocycles. The second-order valence-electron chi connectivity index (χ2n) is 5.00. The number of hydrogen-bond donors (Lipinski definition) is 3. The third-order valence-corrected chi connectivity index (χ3v) is 3.41. The molecule has 0 aliphatic carbocycles. The molecule has 0 spiro atoms. The monoisotopic (exact) mass is 323 g/mol. The number of nitro benzene ring substituents is 1. The molecule has 2 aromatic carbocycles. The van der Waals surface area contributed by atoms with Crippen LogP contribution < -0.4 is 10.9 Å². The average Bonchev–Trinajstić information content (AvgIpc) is 3.07. The Morgan fingerprint density at radius 3 is 2.79 bits per heavy atom. The Hall–Kier alpha value is -3.68. The number of carbonyl (C=O) groups excluding carboxylic acids is 1. The summed E-state index contributed by atoms with van der Waals surface area (Å²) in [6.07, 6.45) is 1.55. The van der Waals surface area contributed by atoms with Gasteiger partial charge in [0.25, 0.3) is 11.6 Å². The highest BCUT2D eigenvalue weighted by Crippen LogP contribution is 2.17. The summed E-state index contributed by atoms with van der Waals surface area (Å²) < 4.78 is 0. The Balaban J connectivity index is 1.68. The largest absolute Gasteiger partial charge is 0.345 e. The maximum atomic E-state index is 12.2. The van der Waals surface area contributed by atoms with Crippen molar-refractivity contribution in [2.24, 2.45) is 0 Å². The maximum absolute atomic E-state index is 12.2. The molecule has 0 radical (unpaired) electrons. The van der Waals surface area contributed by atoms with E-state index in [4.69, 9.17) is 0 Å². The molecule has 0 aliphatic heterocycles. The number of rotatable bonds is 5. The second-order valence-corrected chi connectivity index (χ2v) is 5.00. The minimum atomic E-state index is -0.491. The number of nitrogens with one attached hydrogen (secondary N) is 3. The Bertz CT molecular complexity index is 948. The van der Waals surface area contributed by atoms with Gasteiger partial charge in [-0.3, -0.25) is 25.8 Å². The number of amides is 1. The number of imidazole rings is 1. The number of nitrogens with zero attached hydrogens (tertiary/aromatic N) is 2. The number of hydrogen-bond acceptors (Lipinski definition) is 5. The van der Waals surface area contributed by atoms with Crippen LogP contribution in [0, 0.1) is 10.1 Å². The van der Waals surface area contributed by atoms with Crippen molar-refractivity contribution in [3.8, 4) is 0 Å². The van der Waals surface area contributed by atoms with Gasteiger partial charge in [0.05, 0.1) is 28.0 Å². The third-order valence-electron chi connectivity index (χ3n) is 3.41. The summed E-state index contributed by atoms with van der Waals surface area (Å²) in [7, 11) is 0. The first kappa shape index (κ1) is 15.2. The Labute approximate surface area is 136 Å². The average molecular weight is 323 g/mol. The van der Waals surface area contributed by atoms with Gasteiger partial charge in [-0.15, -0.1) is 0 Å². The van der Waals surface area contributed by atoms with Gasteiger partial charge in [-0.2, -0.15) is 0 Å². The number of aromatic amines is 1. The van der Waals surface area contributed by atoms with E-state index < -0.39 is 4.92 Å². The fraction of sp³-hybridized carbons (Fsp3) is 0. The highest BCUT2D eigenvalue weighted by atomic mass is 16.6. The Morgan fingerprint density at radius 2 is 2.00 bits per heavy atom. The molecule has 1 heterocycles. The Morgan fingerprint density at radius 1 is 1.17 bits per heavy atom. The first-order valence-corrected chi connectivity index (χ1v) is 6.98. The zero-order chi connectivity index (χ0) is 17.1. The van der Waals surface area contributed by atoms with Gasteiger partial charge in [0, 0.05) is 23.3 Å². The minimum Gasteiger partial charge on any atom is -0.345 e. The van der Waals surface area contributed by atoms with E-state index >= 15 is 0 Å². The number of H-pyrrole nitrogens is 1. The number of fused-ring (bicyclic) bond motifs is 1. The minimum absolute atomic E-state index is 0.0496. The van der Waals surface area contributed by atoms with Gasteiger partial charge < -0.3 is 4.98 Å². The molecule has 3 aromatic rings. The second kappa shape index (κ2) is 6.21. The van der Waals surface area contributed by atoms with E-state index in [1.807, 2.05) is 0 Å². The van der Waals surface area contributed by atoms with Crippen molar-refractivity contribution in [3.05, 3.63) is 76.6 Å². The van der Waals surface area contributed by atoms with Crippen molar-refractivity contribution < 1.29 is 9.72 Å². The molecule has 0 saturated heterocycles. The third kappa shape index (κ3) is 3.07. The lowest BCUT2D eigenvalue weighted by molar-refractivity contribution is -0.384. The zero-order valence-electron chi connectivity index (χ0n) is 12.4. The molecule has 0 fully saturated rings. The van der Waals surface area contributed by atoms with E-state index in [-0.39, 0.29) is 11.6 Å². The molecular formula is C16H13N5O3. The van der Waals surface area contributed by atoms with Gasteiger partial charge in [0.1, 0.15) is 0 Å². The van der Waals surface area contributed by atoms with Gasteiger partial charge in [-0.1, -0.05) is 18.7 Å². The summed E-state index contributed by atoms with van der Waals surface area (Å²) in [6.45, 7) is 3.77. The number of hydrazine groups is 1. The van der Waals surface area contributed by atoms with Gasteiger partial charge in [0.15, 0.2) is 0 Å². The SMILES string of the molecule is C=C(NNC(=O)c1ccc2nc[nH]c2c1)c1cccc([N+](=O)[O-])c1. The van der Waals surface area contributed by atoms with Crippen LogP contribution in [0.2, 0.25) is 0 Å². The van der Waals surface area contributed by atoms with Crippen molar-refractivity contribution in [2.75, 3.05) is 0 Å². The maximum Gasteiger partial charge on any atom is 0.270 e. The molecular weight excluding hydrogens is 310 g/mol. The lowest BCUT2D eigenvalue weighted by atomic mass is 10.1. The fourth-order valence-corrected chi connectivity index (χ4v) is 2.16. The molecule has 8 heteroatoms. The van der Waals surface area contributed by atoms with Gasteiger partial charge in [0.2, 0.25) is 0 Å². The standard InChI is InChI=1S/C16H13N5O3/c1-10(11-3-2-4-13(7-11)21(23)24)19-20-16(22)12-5-6-14-15(8-12)18-9-17-14/h2-9,19H,1H2,(H,17,18)(H,20,22). The number of aromatic nitrogens is 2. The summed E-state index contributed by atoms with van der Waals surface area (Å²) in [5.74, 6) is -0.363. The van der Waals surface area contributed by atoms with Crippen molar-refractivity contribution in [3.63, 3.8) is 0 Å². The number of carbonyl (C=O) groups is 1. The lowest BCUT2D eigenvalue weighted by Crippen LogP contribution is -2.35. The molecule has 0 bridgehead atoms. The summed E-state index contributed by atoms with van der Waals surface area (Å²) in [5, 5.41) is 10.8. The van der Waals surface area contributed by atoms with Crippen LogP contribution >= 0.6 is 0 Å². The molecule has 0 aliphatic rings. The van der Waals surface area contributed by atoms with Gasteiger partial charge in [-0.25, -0.2) is 4.98 Å². The van der Waals surface area contributed by atoms with E-state index in [9.17, 15) is 14.9 Å². The molecule has 120 valence electrons. The quantitative estimate of drug-likeness (QED) is 0.493. The van der Waals surface area contributed by atoms with Gasteiger partial charge in [-0.05, 0) is 18.2 Å². The van der Waals surface area contributed by atoms with Crippen molar-refractivity contribution in [2.45, 2.75) is 0 Å². The summed E-state index contributed by atoms with van der Waals surface area (Å²) >= 11 is 0. The summed E-state index contributed by atoms with van der Waals surface area (Å²) in [5.41, 5.74) is 7.92. The van der Waals surface area contributed by atoms with Crippen molar-refractivity contribution in [1.29, 1.82) is 0 Å². The number of non-ortho nitro benzene ring substituents is 1. The molecule has 1 aromatic heterocycles. The molecule has 24 heavy (non-hydrogen) atoms. The number of benzene rings is 2. The highest BCUT2D eigenvalue weighted by Gasteiger charge is 2.10. The first-order valence-electron chi connectivity index (χ1n) is 6.98. The van der Waals surface area contributed by atoms with Gasteiger partial charge >= 0.3 is 0 Å². The van der Waals surface area contributed by atoms with Crippen LogP contribution in [0.4, 0.5) is 5.69 Å². The number of nitro groups is 1. The van der Waals surface area contributed by atoms with E-state index in [0.717, 1.165) is 11.0 Å². The smallest absolute Gasteiger partial charge is 0.270 e. The van der Waals surface area contributed by atoms with Crippen LogP contribution in [0.3, 0.4) is 0 Å². The predicted octanol–water partition coefficient (Wildman–Crippen LogP) is 2.38.